The second-order valence-electron chi connectivity index (χ2n) is 12.7. The molecule has 0 spiro atoms. The van der Waals surface area contributed by atoms with Gasteiger partial charge in [-0.05, 0) is 81.0 Å². The summed E-state index contributed by atoms with van der Waals surface area (Å²) in [5.41, 5.74) is 5.29. The van der Waals surface area contributed by atoms with Crippen LogP contribution in [0.3, 0.4) is 0 Å². The number of phenols is 1. The first-order valence-corrected chi connectivity index (χ1v) is 17.2. The van der Waals surface area contributed by atoms with Gasteiger partial charge in [0.2, 0.25) is 0 Å². The predicted octanol–water partition coefficient (Wildman–Crippen LogP) is 12.6. The molecule has 1 N–H and O–H groups in total. The molecule has 0 saturated carbocycles. The zero-order chi connectivity index (χ0) is 43.8. The number of phenolic OH excluding ortho intramolecular Hbond substituents is 1. The maximum atomic E-state index is 11.8. The van der Waals surface area contributed by atoms with Gasteiger partial charge in [0.25, 0.3) is 0 Å². The lowest BCUT2D eigenvalue weighted by molar-refractivity contribution is 0.477. The normalized spacial score (nSPS) is 13.7. The number of hydrogen-bond donors (Lipinski definition) is 1. The number of hydrogen-bond acceptors (Lipinski definition) is 5. The Hall–Kier alpha value is -7.37. The van der Waals surface area contributed by atoms with Gasteiger partial charge in [-0.25, -0.2) is 15.0 Å². The lowest BCUT2D eigenvalue weighted by Crippen LogP contribution is -2.00. The van der Waals surface area contributed by atoms with Crippen molar-refractivity contribution in [2.24, 2.45) is 0 Å². The predicted molar refractivity (Wildman–Crippen MR) is 219 cm³/mol. The Morgan fingerprint density at radius 1 is 0.444 bits per heavy atom. The first kappa shape index (κ1) is 23.2. The van der Waals surface area contributed by atoms with Gasteiger partial charge in [0.1, 0.15) is 16.9 Å². The molecule has 5 nitrogen and oxygen atoms in total. The Morgan fingerprint density at radius 3 is 1.89 bits per heavy atom. The number of fused-ring (bicyclic) bond motifs is 4. The van der Waals surface area contributed by atoms with Crippen LogP contribution in [-0.2, 0) is 0 Å². The Morgan fingerprint density at radius 2 is 1.09 bits per heavy atom. The smallest absolute Gasteiger partial charge is 0.164 e. The van der Waals surface area contributed by atoms with Crippen molar-refractivity contribution in [2.75, 3.05) is 0 Å². The standard InChI is InChI=1S/C49H31N3O2/c53-43-29-38(23-25-40(43)36-22-21-32-13-7-8-16-34(32)27-36)48-50-47(37-18-9-17-35(28-37)31-11-3-1-4-12-31)51-49(52-48)39-24-26-42-45(30-39)54-44-20-10-19-41(46(42)44)33-14-5-2-6-15-33/h1-30,53H/i7D,8D,13D,16D,21D,22D,23D,25D,29D. The summed E-state index contributed by atoms with van der Waals surface area (Å²) in [4.78, 5) is 14.4. The summed E-state index contributed by atoms with van der Waals surface area (Å²) in [6, 6.07) is 35.0. The second kappa shape index (κ2) is 13.0. The molecule has 0 aliphatic carbocycles. The van der Waals surface area contributed by atoms with E-state index in [1.54, 1.807) is 0 Å². The van der Waals surface area contributed by atoms with Crippen LogP contribution in [0.5, 0.6) is 5.75 Å². The highest BCUT2D eigenvalue weighted by Gasteiger charge is 2.18. The van der Waals surface area contributed by atoms with E-state index in [0.717, 1.165) is 33.0 Å². The topological polar surface area (TPSA) is 72.0 Å². The molecule has 0 radical (unpaired) electrons. The number of furan rings is 1. The van der Waals surface area contributed by atoms with Gasteiger partial charge in [0, 0.05) is 33.0 Å². The van der Waals surface area contributed by atoms with E-state index in [4.69, 9.17) is 27.6 Å². The quantitative estimate of drug-likeness (QED) is 0.187. The van der Waals surface area contributed by atoms with Gasteiger partial charge in [-0.2, -0.15) is 0 Å². The van der Waals surface area contributed by atoms with Gasteiger partial charge in [0.15, 0.2) is 17.5 Å². The SMILES string of the molecule is [2H]c1c([2H])c(-c2cc3c([2H])c([2H])c([2H])c([2H])c3c([2H])c2[2H])c(O)c([2H])c1-c1nc(-c2cccc(-c3ccccc3)c2)nc(-c2ccc3c(c2)oc2cccc(-c4ccccc4)c23)n1. The highest BCUT2D eigenvalue weighted by molar-refractivity contribution is 6.13. The van der Waals surface area contributed by atoms with Gasteiger partial charge in [-0.15, -0.1) is 0 Å². The Labute approximate surface area is 324 Å². The van der Waals surface area contributed by atoms with Crippen LogP contribution in [0.15, 0.2) is 186 Å². The molecule has 0 unspecified atom stereocenters. The molecule has 0 atom stereocenters. The zero-order valence-corrected chi connectivity index (χ0v) is 28.3. The minimum Gasteiger partial charge on any atom is -0.507 e. The molecule has 5 heteroatoms. The average Bonchev–Trinajstić information content (AvgIpc) is 3.70. The van der Waals surface area contributed by atoms with Crippen molar-refractivity contribution in [1.82, 2.24) is 15.0 Å². The van der Waals surface area contributed by atoms with Gasteiger partial charge in [-0.3, -0.25) is 0 Å². The number of aromatic hydroxyl groups is 1. The molecule has 254 valence electrons. The van der Waals surface area contributed by atoms with E-state index in [-0.39, 0.29) is 39.4 Å². The van der Waals surface area contributed by atoms with E-state index in [2.05, 4.69) is 0 Å². The third-order valence-electron chi connectivity index (χ3n) is 9.32. The van der Waals surface area contributed by atoms with E-state index in [0.29, 0.717) is 22.3 Å². The molecule has 0 saturated heterocycles. The Bertz CT molecular complexity index is 3500. The lowest BCUT2D eigenvalue weighted by Gasteiger charge is -2.11. The first-order valence-electron chi connectivity index (χ1n) is 21.7. The third kappa shape index (κ3) is 5.65. The van der Waals surface area contributed by atoms with Crippen molar-refractivity contribution in [2.45, 2.75) is 0 Å². The second-order valence-corrected chi connectivity index (χ2v) is 12.7. The van der Waals surface area contributed by atoms with Crippen LogP contribution in [0.4, 0.5) is 0 Å². The van der Waals surface area contributed by atoms with Crippen molar-refractivity contribution in [3.05, 3.63) is 182 Å². The van der Waals surface area contributed by atoms with Crippen molar-refractivity contribution < 1.29 is 21.9 Å². The summed E-state index contributed by atoms with van der Waals surface area (Å²) >= 11 is 0. The molecular weight excluding hydrogens is 663 g/mol. The van der Waals surface area contributed by atoms with Crippen LogP contribution >= 0.6 is 0 Å². The van der Waals surface area contributed by atoms with Gasteiger partial charge in [-0.1, -0.05) is 139 Å². The maximum absolute atomic E-state index is 11.8. The number of nitrogens with zero attached hydrogens (tertiary/aromatic N) is 3. The fourth-order valence-electron chi connectivity index (χ4n) is 6.71. The molecule has 10 rings (SSSR count). The molecule has 0 fully saturated rings. The molecular formula is C49H31N3O2. The number of rotatable bonds is 6. The third-order valence-corrected chi connectivity index (χ3v) is 9.32. The van der Waals surface area contributed by atoms with Crippen molar-refractivity contribution >= 4 is 32.7 Å². The van der Waals surface area contributed by atoms with Crippen LogP contribution < -0.4 is 0 Å². The molecule has 2 aromatic heterocycles. The highest BCUT2D eigenvalue weighted by Crippen LogP contribution is 2.39. The van der Waals surface area contributed by atoms with E-state index in [1.807, 2.05) is 121 Å². The number of aromatic nitrogens is 3. The van der Waals surface area contributed by atoms with Crippen LogP contribution in [0.1, 0.15) is 12.3 Å². The molecule has 8 aromatic carbocycles. The van der Waals surface area contributed by atoms with Crippen molar-refractivity contribution in [1.29, 1.82) is 0 Å². The average molecular weight is 703 g/mol. The summed E-state index contributed by atoms with van der Waals surface area (Å²) in [5, 5.41) is 13.3. The van der Waals surface area contributed by atoms with Crippen LogP contribution in [0.2, 0.25) is 0 Å². The van der Waals surface area contributed by atoms with Crippen molar-refractivity contribution in [3.8, 4) is 73.3 Å². The molecule has 2 heterocycles. The molecule has 10 aromatic rings. The summed E-state index contributed by atoms with van der Waals surface area (Å²) in [5.74, 6) is -0.627. The molecule has 54 heavy (non-hydrogen) atoms. The summed E-state index contributed by atoms with van der Waals surface area (Å²) in [7, 11) is 0. The van der Waals surface area contributed by atoms with Crippen LogP contribution in [0.25, 0.3) is 100 Å². The van der Waals surface area contributed by atoms with Crippen LogP contribution in [0, 0.1) is 0 Å². The van der Waals surface area contributed by atoms with E-state index in [1.165, 1.54) is 6.07 Å². The summed E-state index contributed by atoms with van der Waals surface area (Å²) in [6.07, 6.45) is 0. The first-order chi connectivity index (χ1) is 30.4. The summed E-state index contributed by atoms with van der Waals surface area (Å²) in [6.45, 7) is 0. The molecule has 0 aliphatic heterocycles. The lowest BCUT2D eigenvalue weighted by atomic mass is 9.99. The van der Waals surface area contributed by atoms with Gasteiger partial charge < -0.3 is 9.52 Å². The molecule has 0 amide bonds. The minimum atomic E-state index is -0.799. The van der Waals surface area contributed by atoms with Gasteiger partial charge in [0.05, 0.1) is 12.3 Å². The fraction of sp³-hybridized carbons (Fsp3) is 0. The molecule has 0 aliphatic rings. The summed E-state index contributed by atoms with van der Waals surface area (Å²) < 4.78 is 84.8. The van der Waals surface area contributed by atoms with Gasteiger partial charge >= 0.3 is 0 Å². The zero-order valence-electron chi connectivity index (χ0n) is 37.3. The largest absolute Gasteiger partial charge is 0.507 e. The molecule has 0 bridgehead atoms. The van der Waals surface area contributed by atoms with Crippen molar-refractivity contribution in [3.63, 3.8) is 0 Å². The minimum absolute atomic E-state index is 0.111. The Kier molecular flexibility index (Phi) is 5.59. The van der Waals surface area contributed by atoms with E-state index < -0.39 is 65.7 Å². The number of benzene rings is 8. The van der Waals surface area contributed by atoms with Crippen LogP contribution in [-0.4, -0.2) is 20.1 Å². The maximum Gasteiger partial charge on any atom is 0.164 e. The van der Waals surface area contributed by atoms with E-state index in [9.17, 15) is 9.22 Å². The fourth-order valence-corrected chi connectivity index (χ4v) is 6.71. The monoisotopic (exact) mass is 702 g/mol. The Balaban J connectivity index is 1.18. The highest BCUT2D eigenvalue weighted by atomic mass is 16.3. The van der Waals surface area contributed by atoms with E-state index >= 15 is 0 Å².